The predicted molar refractivity (Wildman–Crippen MR) is 79.4 cm³/mol. The summed E-state index contributed by atoms with van der Waals surface area (Å²) >= 11 is 5.85. The number of rotatable bonds is 3. The zero-order valence-corrected chi connectivity index (χ0v) is 12.0. The molecule has 0 bridgehead atoms. The number of aromatic nitrogens is 2. The Morgan fingerprint density at radius 3 is 2.86 bits per heavy atom. The highest BCUT2D eigenvalue weighted by atomic mass is 35.5. The van der Waals surface area contributed by atoms with Gasteiger partial charge in [0.25, 0.3) is 0 Å². The normalized spacial score (nSPS) is 17.5. The number of halogens is 1. The molecule has 0 amide bonds. The van der Waals surface area contributed by atoms with Crippen LogP contribution in [0.2, 0.25) is 5.02 Å². The summed E-state index contributed by atoms with van der Waals surface area (Å²) in [4.78, 5) is 10.4. The summed E-state index contributed by atoms with van der Waals surface area (Å²) in [5, 5.41) is 9.56. The summed E-state index contributed by atoms with van der Waals surface area (Å²) in [5.74, 6) is 1.53. The molecule has 1 unspecified atom stereocenters. The molecule has 0 spiro atoms. The highest BCUT2D eigenvalue weighted by molar-refractivity contribution is 6.30. The van der Waals surface area contributed by atoms with E-state index in [0.717, 1.165) is 31.1 Å². The highest BCUT2D eigenvalue weighted by Crippen LogP contribution is 2.23. The maximum absolute atomic E-state index is 8.87. The van der Waals surface area contributed by atoms with Crippen LogP contribution in [0, 0.1) is 11.3 Å². The van der Waals surface area contributed by atoms with E-state index in [2.05, 4.69) is 14.9 Å². The average Bonchev–Trinajstić information content (AvgIpc) is 2.98. The van der Waals surface area contributed by atoms with E-state index in [1.807, 2.05) is 30.3 Å². The molecular formula is C15H13ClN4O. The second-order valence-electron chi connectivity index (χ2n) is 4.80. The smallest absolute Gasteiger partial charge is 0.161 e. The van der Waals surface area contributed by atoms with Gasteiger partial charge in [-0.25, -0.2) is 4.98 Å². The number of hydrogen-bond acceptors (Lipinski definition) is 5. The number of nitriles is 1. The number of ether oxygens (including phenoxy) is 1. The molecule has 1 aromatic carbocycles. The third kappa shape index (κ3) is 3.23. The molecule has 5 nitrogen and oxygen atoms in total. The summed E-state index contributed by atoms with van der Waals surface area (Å²) < 4.78 is 5.93. The predicted octanol–water partition coefficient (Wildman–Crippen LogP) is 2.66. The first-order valence-electron chi connectivity index (χ1n) is 6.64. The number of hydrogen-bond donors (Lipinski definition) is 0. The molecule has 0 radical (unpaired) electrons. The first kappa shape index (κ1) is 13.7. The van der Waals surface area contributed by atoms with Gasteiger partial charge in [0.15, 0.2) is 5.69 Å². The van der Waals surface area contributed by atoms with Crippen molar-refractivity contribution in [3.8, 4) is 11.8 Å². The Labute approximate surface area is 127 Å². The topological polar surface area (TPSA) is 62.0 Å². The monoisotopic (exact) mass is 300 g/mol. The minimum absolute atomic E-state index is 0.0960. The summed E-state index contributed by atoms with van der Waals surface area (Å²) in [5.41, 5.74) is 0.328. The first-order valence-corrected chi connectivity index (χ1v) is 7.02. The van der Waals surface area contributed by atoms with E-state index in [1.165, 1.54) is 6.20 Å². The van der Waals surface area contributed by atoms with Gasteiger partial charge in [0.2, 0.25) is 0 Å². The van der Waals surface area contributed by atoms with Crippen LogP contribution in [0.25, 0.3) is 0 Å². The van der Waals surface area contributed by atoms with Crippen molar-refractivity contribution in [1.29, 1.82) is 5.26 Å². The molecule has 0 N–H and O–H groups in total. The molecule has 1 aliphatic heterocycles. The van der Waals surface area contributed by atoms with Crippen molar-refractivity contribution >= 4 is 17.4 Å². The highest BCUT2D eigenvalue weighted by Gasteiger charge is 2.25. The largest absolute Gasteiger partial charge is 0.489 e. The zero-order chi connectivity index (χ0) is 14.7. The van der Waals surface area contributed by atoms with Gasteiger partial charge < -0.3 is 9.64 Å². The van der Waals surface area contributed by atoms with E-state index < -0.39 is 0 Å². The SMILES string of the molecule is N#Cc1cncc(N2CCC(Oc3ccc(Cl)cc3)C2)n1. The second-order valence-corrected chi connectivity index (χ2v) is 5.24. The average molecular weight is 301 g/mol. The van der Waals surface area contributed by atoms with Crippen LogP contribution < -0.4 is 9.64 Å². The molecule has 2 heterocycles. The fourth-order valence-electron chi connectivity index (χ4n) is 2.30. The molecule has 1 saturated heterocycles. The zero-order valence-electron chi connectivity index (χ0n) is 11.2. The van der Waals surface area contributed by atoms with Crippen molar-refractivity contribution in [2.75, 3.05) is 18.0 Å². The Hall–Kier alpha value is -2.32. The van der Waals surface area contributed by atoms with Crippen molar-refractivity contribution in [1.82, 2.24) is 9.97 Å². The van der Waals surface area contributed by atoms with E-state index in [9.17, 15) is 0 Å². The van der Waals surface area contributed by atoms with Crippen LogP contribution in [0.3, 0.4) is 0 Å². The van der Waals surface area contributed by atoms with Crippen LogP contribution in [-0.4, -0.2) is 29.2 Å². The number of anilines is 1. The lowest BCUT2D eigenvalue weighted by molar-refractivity contribution is 0.225. The Bertz CT molecular complexity index is 668. The molecule has 6 heteroatoms. The summed E-state index contributed by atoms with van der Waals surface area (Å²) in [6, 6.07) is 9.35. The maximum Gasteiger partial charge on any atom is 0.161 e. The van der Waals surface area contributed by atoms with Gasteiger partial charge >= 0.3 is 0 Å². The fourth-order valence-corrected chi connectivity index (χ4v) is 2.43. The van der Waals surface area contributed by atoms with Crippen LogP contribution in [0.15, 0.2) is 36.7 Å². The minimum atomic E-state index is 0.0960. The van der Waals surface area contributed by atoms with Crippen LogP contribution >= 0.6 is 11.6 Å². The lowest BCUT2D eigenvalue weighted by atomic mass is 10.3. The van der Waals surface area contributed by atoms with Crippen LogP contribution in [-0.2, 0) is 0 Å². The van der Waals surface area contributed by atoms with Crippen molar-refractivity contribution < 1.29 is 4.74 Å². The van der Waals surface area contributed by atoms with E-state index in [1.54, 1.807) is 6.20 Å². The lowest BCUT2D eigenvalue weighted by Gasteiger charge is -2.17. The number of nitrogens with zero attached hydrogens (tertiary/aromatic N) is 4. The van der Waals surface area contributed by atoms with E-state index in [-0.39, 0.29) is 6.10 Å². The minimum Gasteiger partial charge on any atom is -0.489 e. The van der Waals surface area contributed by atoms with Gasteiger partial charge in [0.05, 0.1) is 18.9 Å². The Kier molecular flexibility index (Phi) is 3.89. The summed E-state index contributed by atoms with van der Waals surface area (Å²) in [6.45, 7) is 1.56. The quantitative estimate of drug-likeness (QED) is 0.872. The van der Waals surface area contributed by atoms with E-state index in [4.69, 9.17) is 21.6 Å². The van der Waals surface area contributed by atoms with Gasteiger partial charge in [-0.05, 0) is 24.3 Å². The van der Waals surface area contributed by atoms with Gasteiger partial charge in [0.1, 0.15) is 23.7 Å². The number of benzene rings is 1. The Morgan fingerprint density at radius 2 is 2.10 bits per heavy atom. The molecule has 1 atom stereocenters. The molecule has 1 fully saturated rings. The van der Waals surface area contributed by atoms with Crippen molar-refractivity contribution in [3.63, 3.8) is 0 Å². The second kappa shape index (κ2) is 5.98. The van der Waals surface area contributed by atoms with Gasteiger partial charge in [-0.1, -0.05) is 11.6 Å². The molecule has 1 aliphatic rings. The molecule has 106 valence electrons. The molecule has 1 aromatic heterocycles. The van der Waals surface area contributed by atoms with Crippen LogP contribution in [0.5, 0.6) is 5.75 Å². The molecular weight excluding hydrogens is 288 g/mol. The van der Waals surface area contributed by atoms with Gasteiger partial charge in [-0.15, -0.1) is 0 Å². The third-order valence-electron chi connectivity index (χ3n) is 3.32. The fraction of sp³-hybridized carbons (Fsp3) is 0.267. The molecule has 0 aliphatic carbocycles. The van der Waals surface area contributed by atoms with Gasteiger partial charge in [-0.3, -0.25) is 4.98 Å². The van der Waals surface area contributed by atoms with Crippen LogP contribution in [0.1, 0.15) is 12.1 Å². The Morgan fingerprint density at radius 1 is 1.29 bits per heavy atom. The molecule has 2 aromatic rings. The first-order chi connectivity index (χ1) is 10.2. The Balaban J connectivity index is 1.65. The van der Waals surface area contributed by atoms with Crippen molar-refractivity contribution in [3.05, 3.63) is 47.4 Å². The third-order valence-corrected chi connectivity index (χ3v) is 3.57. The molecule has 21 heavy (non-hydrogen) atoms. The van der Waals surface area contributed by atoms with E-state index in [0.29, 0.717) is 10.7 Å². The van der Waals surface area contributed by atoms with Gasteiger partial charge in [0, 0.05) is 18.0 Å². The summed E-state index contributed by atoms with van der Waals surface area (Å²) in [6.07, 6.45) is 4.13. The van der Waals surface area contributed by atoms with Crippen LogP contribution in [0.4, 0.5) is 5.82 Å². The maximum atomic E-state index is 8.87. The van der Waals surface area contributed by atoms with Crippen molar-refractivity contribution in [2.24, 2.45) is 0 Å². The summed E-state index contributed by atoms with van der Waals surface area (Å²) in [7, 11) is 0. The lowest BCUT2D eigenvalue weighted by Crippen LogP contribution is -2.25. The van der Waals surface area contributed by atoms with Gasteiger partial charge in [-0.2, -0.15) is 5.26 Å². The van der Waals surface area contributed by atoms with E-state index >= 15 is 0 Å². The van der Waals surface area contributed by atoms with Crippen molar-refractivity contribution in [2.45, 2.75) is 12.5 Å². The molecule has 3 rings (SSSR count). The standard InChI is InChI=1S/C15H13ClN4O/c16-11-1-3-13(4-2-11)21-14-5-6-20(10-14)15-9-18-8-12(7-17)19-15/h1-4,8-9,14H,5-6,10H2. The molecule has 0 saturated carbocycles.